The minimum atomic E-state index is 1.14. The molecule has 1 aromatic rings. The molecular formula is C11H12Br3N. The molecule has 0 unspecified atom stereocenters. The lowest BCUT2D eigenvalue weighted by molar-refractivity contribution is 0.949. The van der Waals surface area contributed by atoms with E-state index in [-0.39, 0.29) is 0 Å². The van der Waals surface area contributed by atoms with Crippen LogP contribution in [0, 0.1) is 6.92 Å². The van der Waals surface area contributed by atoms with E-state index in [0.717, 1.165) is 22.0 Å². The van der Waals surface area contributed by atoms with Crippen LogP contribution in [0.5, 0.6) is 0 Å². The highest BCUT2D eigenvalue weighted by Crippen LogP contribution is 2.41. The van der Waals surface area contributed by atoms with E-state index >= 15 is 0 Å². The number of rotatable bonds is 1. The maximum Gasteiger partial charge on any atom is 0.0658 e. The van der Waals surface area contributed by atoms with E-state index in [2.05, 4.69) is 65.7 Å². The predicted octanol–water partition coefficient (Wildman–Crippen LogP) is 4.88. The Balaban J connectivity index is 2.50. The van der Waals surface area contributed by atoms with Crippen molar-refractivity contribution in [1.29, 1.82) is 0 Å². The summed E-state index contributed by atoms with van der Waals surface area (Å²) in [6, 6.07) is 2.13. The van der Waals surface area contributed by atoms with Crippen LogP contribution in [0.2, 0.25) is 0 Å². The van der Waals surface area contributed by atoms with E-state index in [0.29, 0.717) is 0 Å². The maximum atomic E-state index is 3.69. The van der Waals surface area contributed by atoms with Gasteiger partial charge in [-0.3, -0.25) is 0 Å². The fourth-order valence-electron chi connectivity index (χ4n) is 1.91. The lowest BCUT2D eigenvalue weighted by Gasteiger charge is -2.22. The smallest absolute Gasteiger partial charge is 0.0658 e. The summed E-state index contributed by atoms with van der Waals surface area (Å²) in [5.74, 6) is 0. The van der Waals surface area contributed by atoms with Crippen LogP contribution in [-0.2, 0) is 0 Å². The van der Waals surface area contributed by atoms with Crippen LogP contribution in [0.25, 0.3) is 0 Å². The molecular weight excluding hydrogens is 386 g/mol. The Morgan fingerprint density at radius 3 is 2.27 bits per heavy atom. The molecule has 0 bridgehead atoms. The van der Waals surface area contributed by atoms with Crippen molar-refractivity contribution < 1.29 is 0 Å². The van der Waals surface area contributed by atoms with Gasteiger partial charge in [0.2, 0.25) is 0 Å². The summed E-state index contributed by atoms with van der Waals surface area (Å²) in [7, 11) is 0. The summed E-state index contributed by atoms with van der Waals surface area (Å²) in [6.45, 7) is 4.46. The van der Waals surface area contributed by atoms with E-state index in [9.17, 15) is 0 Å². The first kappa shape index (κ1) is 11.9. The third kappa shape index (κ3) is 2.27. The van der Waals surface area contributed by atoms with Gasteiger partial charge in [-0.25, -0.2) is 0 Å². The molecule has 1 fully saturated rings. The fourth-order valence-corrected chi connectivity index (χ4v) is 4.53. The molecule has 82 valence electrons. The summed E-state index contributed by atoms with van der Waals surface area (Å²) in [5, 5.41) is 0. The Bertz CT molecular complexity index is 384. The molecule has 0 atom stereocenters. The molecule has 1 heterocycles. The first-order valence-corrected chi connectivity index (χ1v) is 7.38. The zero-order valence-electron chi connectivity index (χ0n) is 8.49. The maximum absolute atomic E-state index is 3.69. The van der Waals surface area contributed by atoms with E-state index in [1.165, 1.54) is 28.6 Å². The molecule has 0 aliphatic carbocycles. The summed E-state index contributed by atoms with van der Waals surface area (Å²) in [4.78, 5) is 2.44. The third-order valence-electron chi connectivity index (χ3n) is 2.80. The van der Waals surface area contributed by atoms with Crippen molar-refractivity contribution in [2.24, 2.45) is 0 Å². The molecule has 15 heavy (non-hydrogen) atoms. The molecule has 0 radical (unpaired) electrons. The van der Waals surface area contributed by atoms with E-state index < -0.39 is 0 Å². The van der Waals surface area contributed by atoms with E-state index in [4.69, 9.17) is 0 Å². The lowest BCUT2D eigenvalue weighted by Crippen LogP contribution is -2.19. The fraction of sp³-hybridized carbons (Fsp3) is 0.455. The Morgan fingerprint density at radius 2 is 1.67 bits per heavy atom. The zero-order chi connectivity index (χ0) is 11.0. The van der Waals surface area contributed by atoms with Crippen LogP contribution in [0.1, 0.15) is 18.4 Å². The van der Waals surface area contributed by atoms with Crippen molar-refractivity contribution in [3.8, 4) is 0 Å². The topological polar surface area (TPSA) is 3.24 Å². The van der Waals surface area contributed by atoms with E-state index in [1.54, 1.807) is 0 Å². The first-order chi connectivity index (χ1) is 7.11. The van der Waals surface area contributed by atoms with Gasteiger partial charge < -0.3 is 4.90 Å². The minimum Gasteiger partial charge on any atom is -0.370 e. The molecule has 0 aromatic heterocycles. The normalized spacial score (nSPS) is 16.1. The van der Waals surface area contributed by atoms with Gasteiger partial charge in [-0.05, 0) is 63.3 Å². The Kier molecular flexibility index (Phi) is 3.79. The van der Waals surface area contributed by atoms with E-state index in [1.807, 2.05) is 0 Å². The van der Waals surface area contributed by atoms with Gasteiger partial charge in [0.1, 0.15) is 0 Å². The monoisotopic (exact) mass is 395 g/mol. The molecule has 0 spiro atoms. The Hall–Kier alpha value is 0.460. The number of hydrogen-bond acceptors (Lipinski definition) is 1. The number of nitrogens with zero attached hydrogens (tertiary/aromatic N) is 1. The van der Waals surface area contributed by atoms with Gasteiger partial charge in [-0.1, -0.05) is 15.9 Å². The molecule has 0 N–H and O–H groups in total. The molecule has 1 aliphatic rings. The second-order valence-corrected chi connectivity index (χ2v) is 6.32. The molecule has 0 saturated carbocycles. The number of halogens is 3. The SMILES string of the molecule is Cc1c(Br)cc(Br)c(N2CCCC2)c1Br. The number of benzene rings is 1. The number of anilines is 1. The van der Waals surface area contributed by atoms with Crippen molar-refractivity contribution in [3.05, 3.63) is 25.0 Å². The molecule has 1 saturated heterocycles. The molecule has 1 nitrogen and oxygen atoms in total. The van der Waals surface area contributed by atoms with Gasteiger partial charge in [-0.15, -0.1) is 0 Å². The van der Waals surface area contributed by atoms with Gasteiger partial charge in [0, 0.05) is 26.5 Å². The highest BCUT2D eigenvalue weighted by atomic mass is 79.9. The Morgan fingerprint density at radius 1 is 1.07 bits per heavy atom. The summed E-state index contributed by atoms with van der Waals surface area (Å²) in [5.41, 5.74) is 2.56. The Labute approximate surface area is 116 Å². The standard InChI is InChI=1S/C11H12Br3N/c1-7-8(12)6-9(13)11(10(7)14)15-4-2-3-5-15/h6H,2-5H2,1H3. The van der Waals surface area contributed by atoms with Crippen molar-refractivity contribution in [2.45, 2.75) is 19.8 Å². The van der Waals surface area contributed by atoms with Crippen LogP contribution >= 0.6 is 47.8 Å². The predicted molar refractivity (Wildman–Crippen MR) is 75.7 cm³/mol. The summed E-state index contributed by atoms with van der Waals surface area (Å²) < 4.78 is 3.50. The van der Waals surface area contributed by atoms with Crippen molar-refractivity contribution >= 4 is 53.5 Å². The highest BCUT2D eigenvalue weighted by molar-refractivity contribution is 9.11. The number of hydrogen-bond donors (Lipinski definition) is 0. The van der Waals surface area contributed by atoms with Gasteiger partial charge >= 0.3 is 0 Å². The lowest BCUT2D eigenvalue weighted by atomic mass is 10.2. The van der Waals surface area contributed by atoms with Crippen LogP contribution in [0.3, 0.4) is 0 Å². The molecule has 0 amide bonds. The van der Waals surface area contributed by atoms with Gasteiger partial charge in [0.05, 0.1) is 5.69 Å². The average Bonchev–Trinajstić information content (AvgIpc) is 2.68. The second kappa shape index (κ2) is 4.76. The van der Waals surface area contributed by atoms with Crippen molar-refractivity contribution in [2.75, 3.05) is 18.0 Å². The summed E-state index contributed by atoms with van der Waals surface area (Å²) in [6.07, 6.45) is 2.60. The second-order valence-electron chi connectivity index (χ2n) is 3.82. The molecule has 1 aromatic carbocycles. The largest absolute Gasteiger partial charge is 0.370 e. The van der Waals surface area contributed by atoms with Crippen LogP contribution in [-0.4, -0.2) is 13.1 Å². The van der Waals surface area contributed by atoms with Gasteiger partial charge in [0.25, 0.3) is 0 Å². The van der Waals surface area contributed by atoms with Gasteiger partial charge in [0.15, 0.2) is 0 Å². The van der Waals surface area contributed by atoms with Crippen molar-refractivity contribution in [1.82, 2.24) is 0 Å². The first-order valence-electron chi connectivity index (χ1n) is 5.00. The van der Waals surface area contributed by atoms with Crippen LogP contribution in [0.15, 0.2) is 19.5 Å². The quantitative estimate of drug-likeness (QED) is 0.652. The average molecular weight is 398 g/mol. The molecule has 4 heteroatoms. The van der Waals surface area contributed by atoms with Crippen LogP contribution in [0.4, 0.5) is 5.69 Å². The van der Waals surface area contributed by atoms with Crippen molar-refractivity contribution in [3.63, 3.8) is 0 Å². The van der Waals surface area contributed by atoms with Gasteiger partial charge in [-0.2, -0.15) is 0 Å². The van der Waals surface area contributed by atoms with Crippen LogP contribution < -0.4 is 4.90 Å². The molecule has 2 rings (SSSR count). The third-order valence-corrected chi connectivity index (χ3v) is 5.20. The minimum absolute atomic E-state index is 1.14. The zero-order valence-corrected chi connectivity index (χ0v) is 13.2. The highest BCUT2D eigenvalue weighted by Gasteiger charge is 2.19. The summed E-state index contributed by atoms with van der Waals surface area (Å²) >= 11 is 10.9. The molecule has 1 aliphatic heterocycles.